The van der Waals surface area contributed by atoms with Crippen molar-refractivity contribution in [2.24, 2.45) is 5.92 Å². The van der Waals surface area contributed by atoms with Gasteiger partial charge in [0, 0.05) is 6.42 Å². The molecule has 1 saturated carbocycles. The third kappa shape index (κ3) is 2.58. The third-order valence-corrected chi connectivity index (χ3v) is 2.95. The van der Waals surface area contributed by atoms with E-state index in [4.69, 9.17) is 9.52 Å². The molecule has 0 aliphatic heterocycles. The van der Waals surface area contributed by atoms with Gasteiger partial charge in [-0.05, 0) is 5.92 Å². The molecule has 0 atom stereocenters. The van der Waals surface area contributed by atoms with Crippen molar-refractivity contribution in [1.82, 2.24) is 4.98 Å². The summed E-state index contributed by atoms with van der Waals surface area (Å²) in [6, 6.07) is 0. The molecule has 0 aromatic carbocycles. The molecule has 15 heavy (non-hydrogen) atoms. The van der Waals surface area contributed by atoms with Crippen LogP contribution in [0.5, 0.6) is 0 Å². The molecule has 0 unspecified atom stereocenters. The first-order valence-electron chi connectivity index (χ1n) is 5.43. The van der Waals surface area contributed by atoms with Crippen LogP contribution < -0.4 is 0 Å². The van der Waals surface area contributed by atoms with Crippen LogP contribution in [0.4, 0.5) is 0 Å². The summed E-state index contributed by atoms with van der Waals surface area (Å²) >= 11 is 0. The molecule has 0 saturated heterocycles. The van der Waals surface area contributed by atoms with Crippen molar-refractivity contribution >= 4 is 5.97 Å². The molecule has 2 rings (SSSR count). The number of hydrogen-bond acceptors (Lipinski definition) is 3. The first kappa shape index (κ1) is 10.2. The Morgan fingerprint density at radius 1 is 1.47 bits per heavy atom. The van der Waals surface area contributed by atoms with Crippen molar-refractivity contribution in [1.29, 1.82) is 0 Å². The van der Waals surface area contributed by atoms with E-state index in [-0.39, 0.29) is 5.89 Å². The standard InChI is InChI=1S/C11H15NO3/c13-11(14)10-12-7-9(15-10)6-8-4-2-1-3-5-8/h7-8H,1-6H2,(H,13,14). The summed E-state index contributed by atoms with van der Waals surface area (Å²) in [5.41, 5.74) is 0. The number of aromatic carboxylic acids is 1. The second-order valence-electron chi connectivity index (χ2n) is 4.15. The van der Waals surface area contributed by atoms with Crippen LogP contribution >= 0.6 is 0 Å². The fraction of sp³-hybridized carbons (Fsp3) is 0.636. The molecule has 1 heterocycles. The molecule has 82 valence electrons. The van der Waals surface area contributed by atoms with E-state index in [0.29, 0.717) is 11.7 Å². The number of oxazole rings is 1. The highest BCUT2D eigenvalue weighted by Gasteiger charge is 2.17. The predicted molar refractivity (Wildman–Crippen MR) is 53.7 cm³/mol. The van der Waals surface area contributed by atoms with Crippen molar-refractivity contribution < 1.29 is 14.3 Å². The Bertz CT molecular complexity index is 339. The van der Waals surface area contributed by atoms with Crippen molar-refractivity contribution in [2.75, 3.05) is 0 Å². The number of carbonyl (C=O) groups is 1. The third-order valence-electron chi connectivity index (χ3n) is 2.95. The molecule has 1 aliphatic rings. The summed E-state index contributed by atoms with van der Waals surface area (Å²) in [6.45, 7) is 0. The van der Waals surface area contributed by atoms with E-state index in [0.717, 1.165) is 6.42 Å². The number of carboxylic acid groups (broad SMARTS) is 1. The minimum atomic E-state index is -1.09. The fourth-order valence-corrected chi connectivity index (χ4v) is 2.18. The van der Waals surface area contributed by atoms with Crippen LogP contribution in [0.15, 0.2) is 10.6 Å². The molecule has 4 heteroatoms. The van der Waals surface area contributed by atoms with Gasteiger partial charge in [0.25, 0.3) is 0 Å². The topological polar surface area (TPSA) is 63.3 Å². The summed E-state index contributed by atoms with van der Waals surface area (Å²) in [5, 5.41) is 8.65. The molecule has 4 nitrogen and oxygen atoms in total. The van der Waals surface area contributed by atoms with E-state index >= 15 is 0 Å². The predicted octanol–water partition coefficient (Wildman–Crippen LogP) is 2.50. The summed E-state index contributed by atoms with van der Waals surface area (Å²) < 4.78 is 5.14. The Balaban J connectivity index is 1.94. The quantitative estimate of drug-likeness (QED) is 0.830. The highest BCUT2D eigenvalue weighted by molar-refractivity contribution is 5.81. The molecule has 0 bridgehead atoms. The van der Waals surface area contributed by atoms with Crippen LogP contribution in [-0.4, -0.2) is 16.1 Å². The van der Waals surface area contributed by atoms with Crippen molar-refractivity contribution in [3.63, 3.8) is 0 Å². The van der Waals surface area contributed by atoms with Crippen molar-refractivity contribution in [3.05, 3.63) is 17.8 Å². The summed E-state index contributed by atoms with van der Waals surface area (Å²) in [6.07, 6.45) is 8.72. The molecule has 0 amide bonds. The fourth-order valence-electron chi connectivity index (χ4n) is 2.18. The van der Waals surface area contributed by atoms with Gasteiger partial charge in [-0.1, -0.05) is 32.1 Å². The van der Waals surface area contributed by atoms with Crippen LogP contribution in [0, 0.1) is 5.92 Å². The van der Waals surface area contributed by atoms with Gasteiger partial charge in [-0.3, -0.25) is 0 Å². The summed E-state index contributed by atoms with van der Waals surface area (Å²) in [7, 11) is 0. The number of aromatic nitrogens is 1. The van der Waals surface area contributed by atoms with E-state index in [1.54, 1.807) is 0 Å². The Labute approximate surface area is 88.3 Å². The largest absolute Gasteiger partial charge is 0.474 e. The molecule has 1 aromatic heterocycles. The minimum Gasteiger partial charge on any atom is -0.474 e. The Morgan fingerprint density at radius 2 is 2.20 bits per heavy atom. The van der Waals surface area contributed by atoms with Crippen LogP contribution in [0.3, 0.4) is 0 Å². The molecule has 0 radical (unpaired) electrons. The van der Waals surface area contributed by atoms with Gasteiger partial charge in [-0.2, -0.15) is 0 Å². The van der Waals surface area contributed by atoms with Gasteiger partial charge in [0.1, 0.15) is 5.76 Å². The number of carboxylic acids is 1. The van der Waals surface area contributed by atoms with Gasteiger partial charge in [-0.15, -0.1) is 0 Å². The zero-order valence-corrected chi connectivity index (χ0v) is 8.61. The SMILES string of the molecule is O=C(O)c1ncc(CC2CCCCC2)o1. The maximum atomic E-state index is 10.6. The molecule has 0 spiro atoms. The molecular formula is C11H15NO3. The lowest BCUT2D eigenvalue weighted by molar-refractivity contribution is 0.0651. The second kappa shape index (κ2) is 4.47. The maximum Gasteiger partial charge on any atom is 0.392 e. The number of hydrogen-bond donors (Lipinski definition) is 1. The normalized spacial score (nSPS) is 17.9. The summed E-state index contributed by atoms with van der Waals surface area (Å²) in [4.78, 5) is 14.3. The van der Waals surface area contributed by atoms with Gasteiger partial charge < -0.3 is 9.52 Å². The average Bonchev–Trinajstić information content (AvgIpc) is 2.68. The van der Waals surface area contributed by atoms with Crippen LogP contribution in [0.1, 0.15) is 48.5 Å². The molecule has 1 N–H and O–H groups in total. The van der Waals surface area contributed by atoms with Crippen molar-refractivity contribution in [2.45, 2.75) is 38.5 Å². The second-order valence-corrected chi connectivity index (χ2v) is 4.15. The zero-order valence-electron chi connectivity index (χ0n) is 8.61. The molecular weight excluding hydrogens is 194 g/mol. The smallest absolute Gasteiger partial charge is 0.392 e. The van der Waals surface area contributed by atoms with E-state index in [2.05, 4.69) is 4.98 Å². The maximum absolute atomic E-state index is 10.6. The zero-order chi connectivity index (χ0) is 10.7. The molecule has 1 fully saturated rings. The summed E-state index contributed by atoms with van der Waals surface area (Å²) in [5.74, 6) is 0.0679. The number of nitrogens with zero attached hydrogens (tertiary/aromatic N) is 1. The Kier molecular flexibility index (Phi) is 3.04. The van der Waals surface area contributed by atoms with Gasteiger partial charge in [0.05, 0.1) is 6.20 Å². The highest BCUT2D eigenvalue weighted by Crippen LogP contribution is 2.26. The van der Waals surface area contributed by atoms with E-state index < -0.39 is 5.97 Å². The Hall–Kier alpha value is -1.32. The van der Waals surface area contributed by atoms with Gasteiger partial charge in [-0.25, -0.2) is 9.78 Å². The molecule has 1 aliphatic carbocycles. The molecule has 1 aromatic rings. The Morgan fingerprint density at radius 3 is 2.80 bits per heavy atom. The lowest BCUT2D eigenvalue weighted by Crippen LogP contribution is -2.08. The minimum absolute atomic E-state index is 0.194. The lowest BCUT2D eigenvalue weighted by Gasteiger charge is -2.19. The van der Waals surface area contributed by atoms with E-state index in [9.17, 15) is 4.79 Å². The number of rotatable bonds is 3. The van der Waals surface area contributed by atoms with E-state index in [1.807, 2.05) is 0 Å². The van der Waals surface area contributed by atoms with Gasteiger partial charge in [0.15, 0.2) is 0 Å². The van der Waals surface area contributed by atoms with Gasteiger partial charge in [0.2, 0.25) is 0 Å². The van der Waals surface area contributed by atoms with Crippen LogP contribution in [-0.2, 0) is 6.42 Å². The van der Waals surface area contributed by atoms with Gasteiger partial charge >= 0.3 is 11.9 Å². The lowest BCUT2D eigenvalue weighted by atomic mass is 9.86. The highest BCUT2D eigenvalue weighted by atomic mass is 16.4. The van der Waals surface area contributed by atoms with Crippen molar-refractivity contribution in [3.8, 4) is 0 Å². The van der Waals surface area contributed by atoms with Crippen LogP contribution in [0.2, 0.25) is 0 Å². The van der Waals surface area contributed by atoms with E-state index in [1.165, 1.54) is 38.3 Å². The van der Waals surface area contributed by atoms with Crippen LogP contribution in [0.25, 0.3) is 0 Å². The average molecular weight is 209 g/mol. The first-order chi connectivity index (χ1) is 7.25. The monoisotopic (exact) mass is 209 g/mol. The first-order valence-corrected chi connectivity index (χ1v) is 5.43.